The van der Waals surface area contributed by atoms with Crippen molar-refractivity contribution in [2.24, 2.45) is 0 Å². The van der Waals surface area contributed by atoms with Crippen LogP contribution in [0.5, 0.6) is 0 Å². The van der Waals surface area contributed by atoms with Crippen LogP contribution in [0.15, 0.2) is 16.7 Å². The number of hydrogen-bond donors (Lipinski definition) is 1. The molecule has 1 aliphatic carbocycles. The van der Waals surface area contributed by atoms with Gasteiger partial charge in [0, 0.05) is 29.3 Å². The Kier molecular flexibility index (Phi) is 4.69. The highest BCUT2D eigenvalue weighted by Gasteiger charge is 2.32. The van der Waals surface area contributed by atoms with E-state index >= 15 is 0 Å². The van der Waals surface area contributed by atoms with Crippen LogP contribution in [-0.4, -0.2) is 41.6 Å². The third kappa shape index (κ3) is 3.34. The summed E-state index contributed by atoms with van der Waals surface area (Å²) in [6, 6.07) is 2.92. The quantitative estimate of drug-likeness (QED) is 0.882. The van der Waals surface area contributed by atoms with Gasteiger partial charge in [0.2, 0.25) is 0 Å². The summed E-state index contributed by atoms with van der Waals surface area (Å²) in [5, 5.41) is 3.21. The second kappa shape index (κ2) is 6.53. The van der Waals surface area contributed by atoms with Crippen LogP contribution in [0.4, 0.5) is 0 Å². The molecule has 2 fully saturated rings. The fourth-order valence-electron chi connectivity index (χ4n) is 3.30. The van der Waals surface area contributed by atoms with E-state index in [2.05, 4.69) is 36.9 Å². The molecule has 2 heterocycles. The average molecular weight is 354 g/mol. The summed E-state index contributed by atoms with van der Waals surface area (Å²) in [4.78, 5) is 15.1. The van der Waals surface area contributed by atoms with Gasteiger partial charge in [-0.2, -0.15) is 0 Å². The van der Waals surface area contributed by atoms with E-state index in [0.717, 1.165) is 42.5 Å². The fraction of sp³-hybridized carbons (Fsp3) is 0.688. The minimum atomic E-state index is 0.216. The van der Waals surface area contributed by atoms with E-state index in [9.17, 15) is 4.79 Å². The molecule has 1 aliphatic heterocycles. The van der Waals surface area contributed by atoms with Crippen molar-refractivity contribution >= 4 is 21.8 Å². The maximum absolute atomic E-state index is 13.0. The highest BCUT2D eigenvalue weighted by molar-refractivity contribution is 9.10. The highest BCUT2D eigenvalue weighted by atomic mass is 79.9. The monoisotopic (exact) mass is 353 g/mol. The molecule has 0 spiro atoms. The largest absolute Gasteiger partial charge is 0.339 e. The van der Waals surface area contributed by atoms with Gasteiger partial charge in [-0.15, -0.1) is 0 Å². The number of likely N-dealkylation sites (tertiary alicyclic amines) is 1. The number of aromatic nitrogens is 1. The predicted octanol–water partition coefficient (Wildman–Crippen LogP) is 3.19. The van der Waals surface area contributed by atoms with Gasteiger partial charge in [-0.25, -0.2) is 0 Å². The van der Waals surface area contributed by atoms with Gasteiger partial charge in [-0.05, 0) is 74.1 Å². The van der Waals surface area contributed by atoms with E-state index in [1.165, 1.54) is 19.3 Å². The average Bonchev–Trinajstić information content (AvgIpc) is 3.27. The minimum Gasteiger partial charge on any atom is -0.339 e. The van der Waals surface area contributed by atoms with E-state index in [4.69, 9.17) is 0 Å². The van der Waals surface area contributed by atoms with Crippen LogP contribution in [0, 0.1) is 0 Å². The summed E-state index contributed by atoms with van der Waals surface area (Å²) in [5.41, 5.74) is 0.862. The van der Waals surface area contributed by atoms with Crippen molar-refractivity contribution < 1.29 is 4.79 Å². The number of halogens is 1. The smallest absolute Gasteiger partial charge is 0.270 e. The zero-order valence-electron chi connectivity index (χ0n) is 12.6. The van der Waals surface area contributed by atoms with Gasteiger partial charge < -0.3 is 14.8 Å². The van der Waals surface area contributed by atoms with E-state index in [1.807, 2.05) is 13.1 Å². The van der Waals surface area contributed by atoms with Crippen LogP contribution in [0.25, 0.3) is 0 Å². The maximum Gasteiger partial charge on any atom is 0.270 e. The first-order valence-corrected chi connectivity index (χ1v) is 8.83. The Hall–Kier alpha value is -0.810. The number of hydrogen-bond acceptors (Lipinski definition) is 2. The SMILES string of the molecule is CNCCC1CCCCN1C(=O)c1cc(Br)cn1C1CC1. The van der Waals surface area contributed by atoms with Crippen LogP contribution in [-0.2, 0) is 0 Å². The van der Waals surface area contributed by atoms with Crippen LogP contribution in [0.1, 0.15) is 55.1 Å². The van der Waals surface area contributed by atoms with Gasteiger partial charge in [0.1, 0.15) is 5.69 Å². The number of amides is 1. The van der Waals surface area contributed by atoms with E-state index in [0.29, 0.717) is 12.1 Å². The number of carbonyl (C=O) groups excluding carboxylic acids is 1. The predicted molar refractivity (Wildman–Crippen MR) is 87.6 cm³/mol. The highest BCUT2D eigenvalue weighted by Crippen LogP contribution is 2.38. The van der Waals surface area contributed by atoms with Gasteiger partial charge in [-0.3, -0.25) is 4.79 Å². The normalized spacial score (nSPS) is 22.6. The summed E-state index contributed by atoms with van der Waals surface area (Å²) < 4.78 is 3.19. The number of carbonyl (C=O) groups is 1. The van der Waals surface area contributed by atoms with Gasteiger partial charge in [0.05, 0.1) is 0 Å². The summed E-state index contributed by atoms with van der Waals surface area (Å²) in [6.07, 6.45) is 9.03. The summed E-state index contributed by atoms with van der Waals surface area (Å²) >= 11 is 3.53. The number of nitrogens with one attached hydrogen (secondary N) is 1. The molecule has 0 radical (unpaired) electrons. The van der Waals surface area contributed by atoms with E-state index in [-0.39, 0.29) is 5.91 Å². The molecule has 116 valence electrons. The molecule has 1 saturated carbocycles. The van der Waals surface area contributed by atoms with Crippen molar-refractivity contribution in [1.82, 2.24) is 14.8 Å². The molecule has 21 heavy (non-hydrogen) atoms. The Bertz CT molecular complexity index is 510. The molecule has 0 bridgehead atoms. The lowest BCUT2D eigenvalue weighted by Gasteiger charge is -2.36. The summed E-state index contributed by atoms with van der Waals surface area (Å²) in [5.74, 6) is 0.216. The molecule has 4 nitrogen and oxygen atoms in total. The summed E-state index contributed by atoms with van der Waals surface area (Å²) in [7, 11) is 1.98. The molecule has 1 aromatic rings. The van der Waals surface area contributed by atoms with Gasteiger partial charge in [0.15, 0.2) is 0 Å². The van der Waals surface area contributed by atoms with Crippen molar-refractivity contribution in [1.29, 1.82) is 0 Å². The lowest BCUT2D eigenvalue weighted by Crippen LogP contribution is -2.45. The number of nitrogens with zero attached hydrogens (tertiary/aromatic N) is 2. The molecule has 1 saturated heterocycles. The van der Waals surface area contributed by atoms with Gasteiger partial charge in [0.25, 0.3) is 5.91 Å². The lowest BCUT2D eigenvalue weighted by atomic mass is 9.99. The molecule has 0 aromatic carbocycles. The first kappa shape index (κ1) is 15.1. The molecule has 1 amide bonds. The van der Waals surface area contributed by atoms with Crippen molar-refractivity contribution in [3.05, 3.63) is 22.4 Å². The lowest BCUT2D eigenvalue weighted by molar-refractivity contribution is 0.0591. The fourth-order valence-corrected chi connectivity index (χ4v) is 3.74. The standard InChI is InChI=1S/C16H24BrN3O/c1-18-8-7-13-4-2-3-9-19(13)16(21)15-10-12(17)11-20(15)14-5-6-14/h10-11,13-14,18H,2-9H2,1H3. The van der Waals surface area contributed by atoms with Crippen molar-refractivity contribution in [3.63, 3.8) is 0 Å². The molecule has 1 unspecified atom stereocenters. The molecule has 2 aliphatic rings. The molecule has 5 heteroatoms. The first-order chi connectivity index (χ1) is 10.2. The van der Waals surface area contributed by atoms with Crippen molar-refractivity contribution in [3.8, 4) is 0 Å². The zero-order chi connectivity index (χ0) is 14.8. The maximum atomic E-state index is 13.0. The van der Waals surface area contributed by atoms with Gasteiger partial charge in [-0.1, -0.05) is 0 Å². The van der Waals surface area contributed by atoms with Crippen LogP contribution in [0.2, 0.25) is 0 Å². The zero-order valence-corrected chi connectivity index (χ0v) is 14.2. The van der Waals surface area contributed by atoms with Crippen molar-refractivity contribution in [2.75, 3.05) is 20.1 Å². The Morgan fingerprint density at radius 1 is 1.38 bits per heavy atom. The van der Waals surface area contributed by atoms with Crippen LogP contribution >= 0.6 is 15.9 Å². The first-order valence-electron chi connectivity index (χ1n) is 8.03. The summed E-state index contributed by atoms with van der Waals surface area (Å²) in [6.45, 7) is 1.88. The Morgan fingerprint density at radius 2 is 2.19 bits per heavy atom. The Morgan fingerprint density at radius 3 is 2.90 bits per heavy atom. The second-order valence-electron chi connectivity index (χ2n) is 6.22. The third-order valence-corrected chi connectivity index (χ3v) is 5.02. The number of piperidine rings is 1. The number of rotatable bonds is 5. The third-order valence-electron chi connectivity index (χ3n) is 4.59. The van der Waals surface area contributed by atoms with Crippen LogP contribution < -0.4 is 5.32 Å². The van der Waals surface area contributed by atoms with Crippen LogP contribution in [0.3, 0.4) is 0 Å². The second-order valence-corrected chi connectivity index (χ2v) is 7.14. The molecular formula is C16H24BrN3O. The molecular weight excluding hydrogens is 330 g/mol. The minimum absolute atomic E-state index is 0.216. The Labute approximate surface area is 135 Å². The van der Waals surface area contributed by atoms with E-state index in [1.54, 1.807) is 0 Å². The Balaban J connectivity index is 1.79. The molecule has 3 rings (SSSR count). The topological polar surface area (TPSA) is 37.3 Å². The van der Waals surface area contributed by atoms with Gasteiger partial charge >= 0.3 is 0 Å². The van der Waals surface area contributed by atoms with Crippen molar-refractivity contribution in [2.45, 2.75) is 50.6 Å². The molecule has 1 aromatic heterocycles. The molecule has 1 atom stereocenters. The van der Waals surface area contributed by atoms with E-state index < -0.39 is 0 Å². The molecule has 1 N–H and O–H groups in total.